The van der Waals surface area contributed by atoms with Gasteiger partial charge in [0.2, 0.25) is 0 Å². The molecule has 0 unspecified atom stereocenters. The van der Waals surface area contributed by atoms with Gasteiger partial charge in [0.1, 0.15) is 0 Å². The maximum absolute atomic E-state index is 11.0. The Morgan fingerprint density at radius 1 is 1.29 bits per heavy atom. The monoisotopic (exact) mass is 312 g/mol. The molecule has 21 heavy (non-hydrogen) atoms. The lowest BCUT2D eigenvalue weighted by atomic mass is 9.98. The summed E-state index contributed by atoms with van der Waals surface area (Å²) >= 11 is 5.85. The van der Waals surface area contributed by atoms with Gasteiger partial charge in [-0.1, -0.05) is 0 Å². The van der Waals surface area contributed by atoms with Crippen molar-refractivity contribution in [3.63, 3.8) is 0 Å². The molecule has 0 atom stereocenters. The Balaban J connectivity index is 2.35. The molecular weight excluding hydrogens is 292 g/mol. The van der Waals surface area contributed by atoms with E-state index in [2.05, 4.69) is 32.6 Å². The number of nitrogens with zero attached hydrogens (tertiary/aromatic N) is 2. The summed E-state index contributed by atoms with van der Waals surface area (Å²) in [6.45, 7) is 9.67. The Kier molecular flexibility index (Phi) is 4.17. The summed E-state index contributed by atoms with van der Waals surface area (Å²) in [4.78, 5) is 12.8. The van der Waals surface area contributed by atoms with Crippen LogP contribution in [-0.2, 0) is 10.6 Å². The molecule has 2 rings (SSSR count). The average molecular weight is 313 g/mol. The van der Waals surface area contributed by atoms with Gasteiger partial charge in [-0.2, -0.15) is 0 Å². The predicted molar refractivity (Wildman–Crippen MR) is 84.1 cm³/mol. The summed E-state index contributed by atoms with van der Waals surface area (Å²) in [6.07, 6.45) is 0. The Hall–Kier alpha value is -1.33. The number of morpholine rings is 1. The van der Waals surface area contributed by atoms with E-state index in [1.807, 2.05) is 6.07 Å². The maximum atomic E-state index is 11.0. The summed E-state index contributed by atoms with van der Waals surface area (Å²) in [7, 11) is 0. The Bertz CT molecular complexity index is 542. The molecule has 6 heteroatoms. The zero-order valence-corrected chi connectivity index (χ0v) is 13.6. The lowest BCUT2D eigenvalue weighted by Gasteiger charge is -2.48. The van der Waals surface area contributed by atoms with E-state index in [0.717, 1.165) is 18.8 Å². The summed E-state index contributed by atoms with van der Waals surface area (Å²) < 4.78 is 6.06. The van der Waals surface area contributed by atoms with Gasteiger partial charge in [0.25, 0.3) is 5.69 Å². The summed E-state index contributed by atoms with van der Waals surface area (Å²) in [5, 5.41) is 11.0. The molecule has 1 fully saturated rings. The zero-order valence-electron chi connectivity index (χ0n) is 12.9. The SMILES string of the molecule is CC1(C)CN(c2ccc([N+](=O)[O-])c(CCl)c2)CC(C)(C)O1. The van der Waals surface area contributed by atoms with Gasteiger partial charge in [-0.25, -0.2) is 0 Å². The lowest BCUT2D eigenvalue weighted by Crippen LogP contribution is -2.57. The van der Waals surface area contributed by atoms with Crippen molar-refractivity contribution in [2.24, 2.45) is 0 Å². The number of benzene rings is 1. The highest BCUT2D eigenvalue weighted by Gasteiger charge is 2.38. The first kappa shape index (κ1) is 16.0. The number of nitro benzene ring substituents is 1. The van der Waals surface area contributed by atoms with Crippen molar-refractivity contribution >= 4 is 23.0 Å². The molecule has 0 N–H and O–H groups in total. The van der Waals surface area contributed by atoms with Crippen LogP contribution in [0.25, 0.3) is 0 Å². The van der Waals surface area contributed by atoms with E-state index in [0.29, 0.717) is 5.56 Å². The smallest absolute Gasteiger partial charge is 0.273 e. The number of nitro groups is 1. The van der Waals surface area contributed by atoms with Crippen LogP contribution in [0.15, 0.2) is 18.2 Å². The van der Waals surface area contributed by atoms with Crippen molar-refractivity contribution in [2.45, 2.75) is 44.8 Å². The van der Waals surface area contributed by atoms with Gasteiger partial charge in [0, 0.05) is 30.4 Å². The molecule has 0 spiro atoms. The first-order valence-corrected chi connectivity index (χ1v) is 7.45. The van der Waals surface area contributed by atoms with Crippen LogP contribution in [0.3, 0.4) is 0 Å². The molecule has 116 valence electrons. The number of anilines is 1. The minimum Gasteiger partial charge on any atom is -0.366 e. The van der Waals surface area contributed by atoms with E-state index in [1.54, 1.807) is 6.07 Å². The molecule has 5 nitrogen and oxygen atoms in total. The van der Waals surface area contributed by atoms with Gasteiger partial charge >= 0.3 is 0 Å². The highest BCUT2D eigenvalue weighted by Crippen LogP contribution is 2.33. The second-order valence-corrected chi connectivity index (χ2v) is 6.95. The third kappa shape index (κ3) is 3.66. The van der Waals surface area contributed by atoms with Gasteiger partial charge in [-0.05, 0) is 39.8 Å². The second-order valence-electron chi connectivity index (χ2n) is 6.68. The second kappa shape index (κ2) is 5.46. The number of hydrogen-bond donors (Lipinski definition) is 0. The number of halogens is 1. The van der Waals surface area contributed by atoms with Crippen molar-refractivity contribution in [3.05, 3.63) is 33.9 Å². The molecule has 1 aliphatic rings. The number of alkyl halides is 1. The molecule has 1 aromatic rings. The third-order valence-corrected chi connectivity index (χ3v) is 3.75. The minimum atomic E-state index is -0.394. The van der Waals surface area contributed by atoms with Crippen molar-refractivity contribution < 1.29 is 9.66 Å². The molecule has 0 aliphatic carbocycles. The van der Waals surface area contributed by atoms with Crippen LogP contribution >= 0.6 is 11.6 Å². The van der Waals surface area contributed by atoms with Gasteiger partial charge in [0.15, 0.2) is 0 Å². The van der Waals surface area contributed by atoms with E-state index in [1.165, 1.54) is 6.07 Å². The predicted octanol–water partition coefficient (Wildman–Crippen LogP) is 3.73. The molecule has 1 heterocycles. The first-order valence-electron chi connectivity index (χ1n) is 6.92. The van der Waals surface area contributed by atoms with Crippen LogP contribution in [0.5, 0.6) is 0 Å². The molecule has 0 bridgehead atoms. The average Bonchev–Trinajstić information content (AvgIpc) is 2.34. The molecule has 1 saturated heterocycles. The van der Waals surface area contributed by atoms with Crippen molar-refractivity contribution in [3.8, 4) is 0 Å². The topological polar surface area (TPSA) is 55.6 Å². The van der Waals surface area contributed by atoms with Crippen LogP contribution in [0.1, 0.15) is 33.3 Å². The Labute approximate surface area is 130 Å². The Morgan fingerprint density at radius 3 is 2.33 bits per heavy atom. The molecule has 0 aromatic heterocycles. The van der Waals surface area contributed by atoms with Crippen LogP contribution in [-0.4, -0.2) is 29.2 Å². The fourth-order valence-electron chi connectivity index (χ4n) is 3.02. The summed E-state index contributed by atoms with van der Waals surface area (Å²) in [6, 6.07) is 5.12. The molecule has 0 radical (unpaired) electrons. The van der Waals surface area contributed by atoms with Gasteiger partial charge in [-0.3, -0.25) is 10.1 Å². The largest absolute Gasteiger partial charge is 0.366 e. The van der Waals surface area contributed by atoms with Crippen molar-refractivity contribution in [1.29, 1.82) is 0 Å². The quantitative estimate of drug-likeness (QED) is 0.485. The summed E-state index contributed by atoms with van der Waals surface area (Å²) in [5.74, 6) is 0.126. The lowest BCUT2D eigenvalue weighted by molar-refractivity contribution is -0.385. The van der Waals surface area contributed by atoms with Gasteiger partial charge < -0.3 is 9.64 Å². The highest BCUT2D eigenvalue weighted by molar-refractivity contribution is 6.17. The van der Waals surface area contributed by atoms with E-state index in [4.69, 9.17) is 16.3 Å². The molecule has 1 aromatic carbocycles. The fourth-order valence-corrected chi connectivity index (χ4v) is 3.24. The van der Waals surface area contributed by atoms with E-state index in [9.17, 15) is 10.1 Å². The molecule has 1 aliphatic heterocycles. The summed E-state index contributed by atoms with van der Waals surface area (Å²) in [5.41, 5.74) is 1.01. The fraction of sp³-hybridized carbons (Fsp3) is 0.600. The van der Waals surface area contributed by atoms with E-state index in [-0.39, 0.29) is 22.8 Å². The molecule has 0 amide bonds. The Morgan fingerprint density at radius 2 is 1.86 bits per heavy atom. The maximum Gasteiger partial charge on any atom is 0.273 e. The van der Waals surface area contributed by atoms with Crippen molar-refractivity contribution in [1.82, 2.24) is 0 Å². The zero-order chi connectivity index (χ0) is 15.8. The van der Waals surface area contributed by atoms with E-state index >= 15 is 0 Å². The first-order chi connectivity index (χ1) is 9.63. The van der Waals surface area contributed by atoms with Crippen LogP contribution < -0.4 is 4.90 Å². The van der Waals surface area contributed by atoms with Crippen LogP contribution in [0.4, 0.5) is 11.4 Å². The molecule has 0 saturated carbocycles. The third-order valence-electron chi connectivity index (χ3n) is 3.46. The molecular formula is C15H21ClN2O3. The van der Waals surface area contributed by atoms with Crippen LogP contribution in [0, 0.1) is 10.1 Å². The van der Waals surface area contributed by atoms with Crippen LogP contribution in [0.2, 0.25) is 0 Å². The highest BCUT2D eigenvalue weighted by atomic mass is 35.5. The van der Waals surface area contributed by atoms with Gasteiger partial charge in [0.05, 0.1) is 22.0 Å². The van der Waals surface area contributed by atoms with Gasteiger partial charge in [-0.15, -0.1) is 11.6 Å². The minimum absolute atomic E-state index is 0.0699. The standard InChI is InChI=1S/C15H21ClN2O3/c1-14(2)9-17(10-15(3,4)21-14)12-5-6-13(18(19)20)11(7-12)8-16/h5-7H,8-10H2,1-4H3. The van der Waals surface area contributed by atoms with E-state index < -0.39 is 4.92 Å². The number of hydrogen-bond acceptors (Lipinski definition) is 4. The normalized spacial score (nSPS) is 20.3. The number of rotatable bonds is 3. The van der Waals surface area contributed by atoms with Crippen molar-refractivity contribution in [2.75, 3.05) is 18.0 Å². The number of ether oxygens (including phenoxy) is 1.